The molecule has 0 spiro atoms. The van der Waals surface area contributed by atoms with Crippen molar-refractivity contribution in [3.05, 3.63) is 41.5 Å². The molecule has 0 heterocycles. The highest BCUT2D eigenvalue weighted by Crippen LogP contribution is 2.73. The summed E-state index contributed by atoms with van der Waals surface area (Å²) in [5.41, 5.74) is 5.11. The molecule has 0 radical (unpaired) electrons. The zero-order chi connectivity index (χ0) is 29.0. The molecule has 4 saturated carbocycles. The smallest absolute Gasteiger partial charge is 0.226 e. The SMILES string of the molecule is Cc1ccc(C2=CCC3(C)C(CCC4(C)C5CCC6(C(=O)NCCNCCO)CCCC6C5CCC43)C2(C)C)cc1. The molecule has 5 aliphatic rings. The number of benzene rings is 1. The zero-order valence-corrected chi connectivity index (χ0v) is 26.5. The summed E-state index contributed by atoms with van der Waals surface area (Å²) in [4.78, 5) is 13.8. The van der Waals surface area contributed by atoms with E-state index in [9.17, 15) is 4.79 Å². The van der Waals surface area contributed by atoms with Crippen LogP contribution in [0.15, 0.2) is 30.3 Å². The molecule has 1 aromatic carbocycles. The first kappa shape index (κ1) is 29.4. The molecule has 6 rings (SSSR count). The molecule has 41 heavy (non-hydrogen) atoms. The van der Waals surface area contributed by atoms with Crippen LogP contribution in [0.3, 0.4) is 0 Å². The predicted molar refractivity (Wildman–Crippen MR) is 168 cm³/mol. The van der Waals surface area contributed by atoms with E-state index in [2.05, 4.69) is 75.6 Å². The molecule has 8 unspecified atom stereocenters. The Morgan fingerprint density at radius 3 is 2.39 bits per heavy atom. The molecule has 0 saturated heterocycles. The maximum absolute atomic E-state index is 13.8. The minimum atomic E-state index is -0.138. The van der Waals surface area contributed by atoms with E-state index >= 15 is 0 Å². The lowest BCUT2D eigenvalue weighted by Crippen LogP contribution is -2.62. The molecule has 1 aromatic rings. The third kappa shape index (κ3) is 4.57. The van der Waals surface area contributed by atoms with Crippen molar-refractivity contribution in [2.75, 3.05) is 26.2 Å². The van der Waals surface area contributed by atoms with Gasteiger partial charge in [0, 0.05) is 19.6 Å². The number of allylic oxidation sites excluding steroid dienone is 2. The number of rotatable bonds is 7. The minimum Gasteiger partial charge on any atom is -0.395 e. The Kier molecular flexibility index (Phi) is 7.76. The van der Waals surface area contributed by atoms with Crippen LogP contribution in [0.4, 0.5) is 0 Å². The molecule has 3 N–H and O–H groups in total. The maximum Gasteiger partial charge on any atom is 0.226 e. The molecule has 1 amide bonds. The fourth-order valence-electron chi connectivity index (χ4n) is 12.1. The quantitative estimate of drug-likeness (QED) is 0.310. The number of hydrogen-bond acceptors (Lipinski definition) is 3. The van der Waals surface area contributed by atoms with Crippen molar-refractivity contribution in [2.24, 2.45) is 51.2 Å². The number of carbonyl (C=O) groups is 1. The molecular weight excluding hydrogens is 504 g/mol. The van der Waals surface area contributed by atoms with Gasteiger partial charge in [-0.05, 0) is 122 Å². The van der Waals surface area contributed by atoms with Crippen LogP contribution in [-0.2, 0) is 4.79 Å². The van der Waals surface area contributed by atoms with Gasteiger partial charge in [0.15, 0.2) is 0 Å². The van der Waals surface area contributed by atoms with Crippen LogP contribution in [0, 0.1) is 58.2 Å². The summed E-state index contributed by atoms with van der Waals surface area (Å²) >= 11 is 0. The van der Waals surface area contributed by atoms with Crippen LogP contribution in [0.5, 0.6) is 0 Å². The van der Waals surface area contributed by atoms with E-state index in [1.54, 1.807) is 5.57 Å². The Morgan fingerprint density at radius 1 is 0.854 bits per heavy atom. The molecule has 0 aliphatic heterocycles. The molecule has 0 aromatic heterocycles. The van der Waals surface area contributed by atoms with Gasteiger partial charge in [-0.15, -0.1) is 0 Å². The van der Waals surface area contributed by atoms with Gasteiger partial charge < -0.3 is 15.7 Å². The minimum absolute atomic E-state index is 0.138. The summed E-state index contributed by atoms with van der Waals surface area (Å²) in [6.45, 7) is 14.8. The fourth-order valence-corrected chi connectivity index (χ4v) is 12.1. The Hall–Kier alpha value is -1.65. The van der Waals surface area contributed by atoms with Gasteiger partial charge >= 0.3 is 0 Å². The number of amides is 1. The third-order valence-corrected chi connectivity index (χ3v) is 13.8. The number of carbonyl (C=O) groups excluding carboxylic acids is 1. The average molecular weight is 561 g/mol. The average Bonchev–Trinajstić information content (AvgIpc) is 3.39. The number of aliphatic hydroxyl groups is 1. The largest absolute Gasteiger partial charge is 0.395 e. The lowest BCUT2D eigenvalue weighted by molar-refractivity contribution is -0.181. The first-order valence-electron chi connectivity index (χ1n) is 17.0. The van der Waals surface area contributed by atoms with Crippen molar-refractivity contribution in [1.29, 1.82) is 0 Å². The topological polar surface area (TPSA) is 61.4 Å². The van der Waals surface area contributed by atoms with E-state index in [4.69, 9.17) is 5.11 Å². The normalized spacial score (nSPS) is 40.9. The van der Waals surface area contributed by atoms with E-state index < -0.39 is 0 Å². The molecule has 5 aliphatic carbocycles. The van der Waals surface area contributed by atoms with Crippen LogP contribution in [-0.4, -0.2) is 37.3 Å². The monoisotopic (exact) mass is 560 g/mol. The van der Waals surface area contributed by atoms with Crippen molar-refractivity contribution in [3.63, 3.8) is 0 Å². The summed E-state index contributed by atoms with van der Waals surface area (Å²) in [5, 5.41) is 15.6. The second kappa shape index (κ2) is 10.8. The summed E-state index contributed by atoms with van der Waals surface area (Å²) in [6.07, 6.45) is 15.1. The van der Waals surface area contributed by atoms with Gasteiger partial charge in [0.25, 0.3) is 0 Å². The van der Waals surface area contributed by atoms with Gasteiger partial charge in [0.05, 0.1) is 12.0 Å². The number of fused-ring (bicyclic) bond motifs is 7. The van der Waals surface area contributed by atoms with Crippen molar-refractivity contribution < 1.29 is 9.90 Å². The van der Waals surface area contributed by atoms with Crippen molar-refractivity contribution in [1.82, 2.24) is 10.6 Å². The summed E-state index contributed by atoms with van der Waals surface area (Å²) in [7, 11) is 0. The maximum atomic E-state index is 13.8. The molecule has 4 nitrogen and oxygen atoms in total. The Labute approximate surface area is 249 Å². The number of aliphatic hydroxyl groups excluding tert-OH is 1. The molecule has 4 fully saturated rings. The summed E-state index contributed by atoms with van der Waals surface area (Å²) in [5.74, 6) is 3.84. The molecule has 226 valence electrons. The van der Waals surface area contributed by atoms with E-state index in [0.29, 0.717) is 47.6 Å². The second-order valence-electron chi connectivity index (χ2n) is 15.8. The Morgan fingerprint density at radius 2 is 1.63 bits per heavy atom. The molecular formula is C37H56N2O2. The van der Waals surface area contributed by atoms with Crippen molar-refractivity contribution in [3.8, 4) is 0 Å². The number of nitrogens with one attached hydrogen (secondary N) is 2. The van der Waals surface area contributed by atoms with Gasteiger partial charge in [-0.2, -0.15) is 0 Å². The van der Waals surface area contributed by atoms with Gasteiger partial charge in [-0.3, -0.25) is 4.79 Å². The second-order valence-corrected chi connectivity index (χ2v) is 15.8. The van der Waals surface area contributed by atoms with E-state index in [-0.39, 0.29) is 17.4 Å². The highest BCUT2D eigenvalue weighted by molar-refractivity contribution is 5.83. The van der Waals surface area contributed by atoms with E-state index in [1.807, 2.05) is 0 Å². The van der Waals surface area contributed by atoms with E-state index in [0.717, 1.165) is 31.2 Å². The van der Waals surface area contributed by atoms with Crippen LogP contribution in [0.25, 0.3) is 5.57 Å². The molecule has 4 heteroatoms. The lowest BCUT2D eigenvalue weighted by Gasteiger charge is -2.68. The fraction of sp³-hybridized carbons (Fsp3) is 0.757. The first-order valence-corrected chi connectivity index (χ1v) is 17.0. The van der Waals surface area contributed by atoms with Gasteiger partial charge in [0.2, 0.25) is 5.91 Å². The first-order chi connectivity index (χ1) is 19.6. The standard InChI is InChI=1S/C37H56N2O2/c1-25-8-10-26(11-9-25)28-14-18-36(5)31(34(28,2)3)16-19-35(4)29-15-20-37(33(41)39-22-21-38-23-24-40)17-6-7-30(37)27(29)12-13-32(35)36/h8-11,14,27,29-32,38,40H,6-7,12-13,15-24H2,1-5H3,(H,39,41). The highest BCUT2D eigenvalue weighted by atomic mass is 16.3. The molecule has 8 atom stereocenters. The molecule has 0 bridgehead atoms. The van der Waals surface area contributed by atoms with Crippen LogP contribution >= 0.6 is 0 Å². The van der Waals surface area contributed by atoms with Crippen LogP contribution < -0.4 is 10.6 Å². The Bertz CT molecular complexity index is 1160. The lowest BCUT2D eigenvalue weighted by atomic mass is 9.36. The number of hydrogen-bond donors (Lipinski definition) is 3. The van der Waals surface area contributed by atoms with E-state index in [1.165, 1.54) is 62.5 Å². The van der Waals surface area contributed by atoms with Crippen LogP contribution in [0.2, 0.25) is 0 Å². The Balaban J connectivity index is 1.23. The van der Waals surface area contributed by atoms with Crippen molar-refractivity contribution >= 4 is 11.5 Å². The zero-order valence-electron chi connectivity index (χ0n) is 26.5. The van der Waals surface area contributed by atoms with Gasteiger partial charge in [-0.1, -0.05) is 70.0 Å². The van der Waals surface area contributed by atoms with Crippen molar-refractivity contribution in [2.45, 2.75) is 98.8 Å². The number of aryl methyl sites for hydroxylation is 1. The summed E-state index contributed by atoms with van der Waals surface area (Å²) in [6, 6.07) is 9.25. The predicted octanol–water partition coefficient (Wildman–Crippen LogP) is 7.15. The third-order valence-electron chi connectivity index (χ3n) is 13.8. The highest BCUT2D eigenvalue weighted by Gasteiger charge is 2.66. The summed E-state index contributed by atoms with van der Waals surface area (Å²) < 4.78 is 0. The van der Waals surface area contributed by atoms with Gasteiger partial charge in [-0.25, -0.2) is 0 Å². The van der Waals surface area contributed by atoms with Crippen LogP contribution in [0.1, 0.15) is 103 Å². The van der Waals surface area contributed by atoms with Gasteiger partial charge in [0.1, 0.15) is 0 Å².